The van der Waals surface area contributed by atoms with Gasteiger partial charge in [-0.25, -0.2) is 0 Å². The molecule has 1 saturated heterocycles. The van der Waals surface area contributed by atoms with Crippen LogP contribution in [-0.4, -0.2) is 35.0 Å². The van der Waals surface area contributed by atoms with Crippen LogP contribution in [0.4, 0.5) is 0 Å². The minimum absolute atomic E-state index is 0.0820. The Kier molecular flexibility index (Phi) is 4.89. The van der Waals surface area contributed by atoms with Crippen molar-refractivity contribution in [3.05, 3.63) is 33.8 Å². The normalized spacial score (nSPS) is 18.3. The standard InChI is InChI=1S/C14H15Cl2NO3/c15-11-3-2-10(7-12(11)16)14(20)17-6-5-9(8-17)1-4-13(18)19/h2-3,7,9H,1,4-6,8H2,(H,18,19). The number of aliphatic carboxylic acids is 1. The summed E-state index contributed by atoms with van der Waals surface area (Å²) >= 11 is 11.7. The van der Waals surface area contributed by atoms with Gasteiger partial charge in [0.2, 0.25) is 0 Å². The van der Waals surface area contributed by atoms with Crippen molar-refractivity contribution in [2.24, 2.45) is 5.92 Å². The van der Waals surface area contributed by atoms with Crippen molar-refractivity contribution in [2.75, 3.05) is 13.1 Å². The molecule has 0 aromatic heterocycles. The molecule has 0 aliphatic carbocycles. The Bertz CT molecular complexity index is 533. The Balaban J connectivity index is 1.97. The largest absolute Gasteiger partial charge is 0.481 e. The van der Waals surface area contributed by atoms with Gasteiger partial charge in [-0.1, -0.05) is 23.2 Å². The van der Waals surface area contributed by atoms with Crippen LogP contribution in [0.1, 0.15) is 29.6 Å². The molecule has 0 saturated carbocycles. The third-order valence-corrected chi connectivity index (χ3v) is 4.25. The summed E-state index contributed by atoms with van der Waals surface area (Å²) in [7, 11) is 0. The van der Waals surface area contributed by atoms with Gasteiger partial charge in [-0.2, -0.15) is 0 Å². The maximum absolute atomic E-state index is 12.3. The Labute approximate surface area is 127 Å². The molecule has 20 heavy (non-hydrogen) atoms. The first kappa shape index (κ1) is 15.1. The average Bonchev–Trinajstić information content (AvgIpc) is 2.87. The van der Waals surface area contributed by atoms with E-state index in [1.807, 2.05) is 0 Å². The van der Waals surface area contributed by atoms with Gasteiger partial charge in [0.15, 0.2) is 0 Å². The molecule has 0 bridgehead atoms. The molecule has 1 aromatic carbocycles. The number of carbonyl (C=O) groups is 2. The van der Waals surface area contributed by atoms with E-state index in [0.29, 0.717) is 35.1 Å². The Hall–Kier alpha value is -1.26. The first-order valence-corrected chi connectivity index (χ1v) is 7.19. The highest BCUT2D eigenvalue weighted by atomic mass is 35.5. The summed E-state index contributed by atoms with van der Waals surface area (Å²) in [5.74, 6) is -0.613. The van der Waals surface area contributed by atoms with Crippen LogP contribution in [-0.2, 0) is 4.79 Å². The summed E-state index contributed by atoms with van der Waals surface area (Å²) < 4.78 is 0. The summed E-state index contributed by atoms with van der Waals surface area (Å²) in [6.07, 6.45) is 1.61. The molecular formula is C14H15Cl2NO3. The molecule has 1 heterocycles. The molecule has 1 aliphatic rings. The summed E-state index contributed by atoms with van der Waals surface area (Å²) in [5.41, 5.74) is 0.512. The third-order valence-electron chi connectivity index (χ3n) is 3.51. The second kappa shape index (κ2) is 6.46. The number of hydrogen-bond donors (Lipinski definition) is 1. The highest BCUT2D eigenvalue weighted by Gasteiger charge is 2.27. The molecule has 1 unspecified atom stereocenters. The van der Waals surface area contributed by atoms with Gasteiger partial charge in [0.1, 0.15) is 0 Å². The number of halogens is 2. The lowest BCUT2D eigenvalue weighted by molar-refractivity contribution is -0.137. The van der Waals surface area contributed by atoms with Crippen LogP contribution in [0.5, 0.6) is 0 Å². The predicted molar refractivity (Wildman–Crippen MR) is 77.3 cm³/mol. The van der Waals surface area contributed by atoms with Crippen LogP contribution in [0, 0.1) is 5.92 Å². The molecule has 1 atom stereocenters. The van der Waals surface area contributed by atoms with E-state index < -0.39 is 5.97 Å². The summed E-state index contributed by atoms with van der Waals surface area (Å²) in [5, 5.41) is 9.46. The Morgan fingerprint density at radius 2 is 2.05 bits per heavy atom. The number of nitrogens with zero attached hydrogens (tertiary/aromatic N) is 1. The van der Waals surface area contributed by atoms with E-state index in [0.717, 1.165) is 6.42 Å². The molecule has 0 spiro atoms. The smallest absolute Gasteiger partial charge is 0.303 e. The van der Waals surface area contributed by atoms with E-state index in [1.54, 1.807) is 23.1 Å². The average molecular weight is 316 g/mol. The van der Waals surface area contributed by atoms with Gasteiger partial charge in [0.05, 0.1) is 10.0 Å². The monoisotopic (exact) mass is 315 g/mol. The minimum atomic E-state index is -0.792. The lowest BCUT2D eigenvalue weighted by atomic mass is 10.0. The first-order chi connectivity index (χ1) is 9.47. The maximum Gasteiger partial charge on any atom is 0.303 e. The van der Waals surface area contributed by atoms with Crippen molar-refractivity contribution in [3.63, 3.8) is 0 Å². The fourth-order valence-electron chi connectivity index (χ4n) is 2.39. The molecule has 2 rings (SSSR count). The van der Waals surface area contributed by atoms with Crippen molar-refractivity contribution < 1.29 is 14.7 Å². The zero-order chi connectivity index (χ0) is 14.7. The SMILES string of the molecule is O=C(O)CCC1CCN(C(=O)c2ccc(Cl)c(Cl)c2)C1. The van der Waals surface area contributed by atoms with E-state index in [1.165, 1.54) is 0 Å². The number of benzene rings is 1. The van der Waals surface area contributed by atoms with Crippen molar-refractivity contribution in [3.8, 4) is 0 Å². The van der Waals surface area contributed by atoms with Crippen molar-refractivity contribution in [1.82, 2.24) is 4.90 Å². The number of hydrogen-bond acceptors (Lipinski definition) is 2. The molecular weight excluding hydrogens is 301 g/mol. The van der Waals surface area contributed by atoms with Gasteiger partial charge in [0, 0.05) is 25.1 Å². The van der Waals surface area contributed by atoms with E-state index in [-0.39, 0.29) is 18.2 Å². The lowest BCUT2D eigenvalue weighted by Gasteiger charge is -2.16. The van der Waals surface area contributed by atoms with E-state index in [2.05, 4.69) is 0 Å². The van der Waals surface area contributed by atoms with Gasteiger partial charge < -0.3 is 10.0 Å². The zero-order valence-corrected chi connectivity index (χ0v) is 12.3. The zero-order valence-electron chi connectivity index (χ0n) is 10.8. The highest BCUT2D eigenvalue weighted by Crippen LogP contribution is 2.26. The minimum Gasteiger partial charge on any atom is -0.481 e. The second-order valence-corrected chi connectivity index (χ2v) is 5.78. The molecule has 1 aliphatic heterocycles. The van der Waals surface area contributed by atoms with Crippen molar-refractivity contribution in [2.45, 2.75) is 19.3 Å². The van der Waals surface area contributed by atoms with Gasteiger partial charge in [-0.05, 0) is 37.0 Å². The van der Waals surface area contributed by atoms with E-state index in [9.17, 15) is 9.59 Å². The lowest BCUT2D eigenvalue weighted by Crippen LogP contribution is -2.28. The number of rotatable bonds is 4. The summed E-state index contributed by atoms with van der Waals surface area (Å²) in [6, 6.07) is 4.83. The second-order valence-electron chi connectivity index (χ2n) is 4.97. The van der Waals surface area contributed by atoms with Crippen LogP contribution >= 0.6 is 23.2 Å². The number of likely N-dealkylation sites (tertiary alicyclic amines) is 1. The van der Waals surface area contributed by atoms with Gasteiger partial charge in [-0.3, -0.25) is 9.59 Å². The fraction of sp³-hybridized carbons (Fsp3) is 0.429. The van der Waals surface area contributed by atoms with Crippen LogP contribution in [0.25, 0.3) is 0 Å². The summed E-state index contributed by atoms with van der Waals surface area (Å²) in [6.45, 7) is 1.26. The number of carbonyl (C=O) groups excluding carboxylic acids is 1. The van der Waals surface area contributed by atoms with Crippen LogP contribution < -0.4 is 0 Å². The van der Waals surface area contributed by atoms with Gasteiger partial charge in [0.25, 0.3) is 5.91 Å². The number of carboxylic acid groups (broad SMARTS) is 1. The molecule has 1 N–H and O–H groups in total. The first-order valence-electron chi connectivity index (χ1n) is 6.43. The quantitative estimate of drug-likeness (QED) is 0.927. The Morgan fingerprint density at radius 1 is 1.30 bits per heavy atom. The molecule has 4 nitrogen and oxygen atoms in total. The predicted octanol–water partition coefficient (Wildman–Crippen LogP) is 3.32. The number of carboxylic acids is 1. The van der Waals surface area contributed by atoms with Crippen LogP contribution in [0.15, 0.2) is 18.2 Å². The maximum atomic E-state index is 12.3. The molecule has 6 heteroatoms. The molecule has 1 aromatic rings. The highest BCUT2D eigenvalue weighted by molar-refractivity contribution is 6.42. The van der Waals surface area contributed by atoms with Crippen LogP contribution in [0.3, 0.4) is 0 Å². The number of amides is 1. The molecule has 0 radical (unpaired) electrons. The van der Waals surface area contributed by atoms with Crippen molar-refractivity contribution in [1.29, 1.82) is 0 Å². The molecule has 108 valence electrons. The summed E-state index contributed by atoms with van der Waals surface area (Å²) in [4.78, 5) is 24.6. The topological polar surface area (TPSA) is 57.6 Å². The van der Waals surface area contributed by atoms with Crippen LogP contribution in [0.2, 0.25) is 10.0 Å². The molecule has 1 fully saturated rings. The van der Waals surface area contributed by atoms with Gasteiger partial charge in [-0.15, -0.1) is 0 Å². The molecule has 1 amide bonds. The van der Waals surface area contributed by atoms with Gasteiger partial charge >= 0.3 is 5.97 Å². The fourth-order valence-corrected chi connectivity index (χ4v) is 2.69. The Morgan fingerprint density at radius 3 is 2.70 bits per heavy atom. The third kappa shape index (κ3) is 3.64. The van der Waals surface area contributed by atoms with E-state index in [4.69, 9.17) is 28.3 Å². The van der Waals surface area contributed by atoms with Crippen molar-refractivity contribution >= 4 is 35.1 Å². The van der Waals surface area contributed by atoms with E-state index >= 15 is 0 Å².